The van der Waals surface area contributed by atoms with E-state index in [-0.39, 0.29) is 17.2 Å². The molecule has 1 aliphatic rings. The highest BCUT2D eigenvalue weighted by Crippen LogP contribution is 2.34. The zero-order valence-corrected chi connectivity index (χ0v) is 10.3. The maximum Gasteiger partial charge on any atom is 0.141 e. The van der Waals surface area contributed by atoms with Crippen LogP contribution in [-0.4, -0.2) is 11.2 Å². The van der Waals surface area contributed by atoms with Gasteiger partial charge in [-0.1, -0.05) is 17.7 Å². The van der Waals surface area contributed by atoms with Crippen molar-refractivity contribution in [3.05, 3.63) is 34.6 Å². The van der Waals surface area contributed by atoms with E-state index in [4.69, 9.17) is 17.3 Å². The van der Waals surface area contributed by atoms with Gasteiger partial charge in [-0.3, -0.25) is 0 Å². The molecule has 0 aromatic heterocycles. The second kappa shape index (κ2) is 5.34. The molecular formula is C13H17ClFNO. The van der Waals surface area contributed by atoms with Crippen LogP contribution < -0.4 is 5.73 Å². The van der Waals surface area contributed by atoms with Crippen molar-refractivity contribution in [1.82, 2.24) is 0 Å². The predicted molar refractivity (Wildman–Crippen MR) is 66.3 cm³/mol. The molecule has 1 unspecified atom stereocenters. The summed E-state index contributed by atoms with van der Waals surface area (Å²) in [6, 6.07) is 4.53. The van der Waals surface area contributed by atoms with Crippen LogP contribution in [0, 0.1) is 11.7 Å². The summed E-state index contributed by atoms with van der Waals surface area (Å²) in [6.07, 6.45) is 3.24. The van der Waals surface area contributed by atoms with Gasteiger partial charge >= 0.3 is 0 Å². The van der Waals surface area contributed by atoms with Crippen molar-refractivity contribution >= 4 is 11.6 Å². The molecule has 1 fully saturated rings. The number of nitrogens with two attached hydrogens (primary N) is 1. The van der Waals surface area contributed by atoms with Crippen LogP contribution in [0.2, 0.25) is 5.02 Å². The second-order valence-electron chi connectivity index (χ2n) is 4.77. The van der Waals surface area contributed by atoms with Crippen molar-refractivity contribution in [3.8, 4) is 0 Å². The third kappa shape index (κ3) is 2.97. The normalized spacial score (nSPS) is 26.8. The van der Waals surface area contributed by atoms with Crippen molar-refractivity contribution in [3.63, 3.8) is 0 Å². The standard InChI is InChI=1S/C13H17ClFNO/c14-11-7-9(3-6-12(11)15)13(16)8-1-4-10(17)5-2-8/h3,6-8,10,13,17H,1-2,4-5,16H2. The number of halogens is 2. The molecule has 0 aliphatic heterocycles. The summed E-state index contributed by atoms with van der Waals surface area (Å²) in [6.45, 7) is 0. The van der Waals surface area contributed by atoms with E-state index in [1.54, 1.807) is 12.1 Å². The van der Waals surface area contributed by atoms with E-state index in [1.165, 1.54) is 6.07 Å². The summed E-state index contributed by atoms with van der Waals surface area (Å²) >= 11 is 5.75. The molecular weight excluding hydrogens is 241 g/mol. The number of hydrogen-bond acceptors (Lipinski definition) is 2. The molecule has 2 nitrogen and oxygen atoms in total. The maximum absolute atomic E-state index is 13.0. The third-order valence-electron chi connectivity index (χ3n) is 3.58. The second-order valence-corrected chi connectivity index (χ2v) is 5.18. The Balaban J connectivity index is 2.08. The molecule has 1 aromatic rings. The van der Waals surface area contributed by atoms with Gasteiger partial charge in [0.2, 0.25) is 0 Å². The van der Waals surface area contributed by atoms with Crippen molar-refractivity contribution in [2.24, 2.45) is 11.7 Å². The molecule has 0 spiro atoms. The zero-order chi connectivity index (χ0) is 12.4. The first-order chi connectivity index (χ1) is 8.08. The minimum atomic E-state index is -0.415. The monoisotopic (exact) mass is 257 g/mol. The van der Waals surface area contributed by atoms with E-state index in [1.807, 2.05) is 0 Å². The van der Waals surface area contributed by atoms with E-state index < -0.39 is 5.82 Å². The van der Waals surface area contributed by atoms with Crippen molar-refractivity contribution in [2.75, 3.05) is 0 Å². The summed E-state index contributed by atoms with van der Waals surface area (Å²) in [5.41, 5.74) is 7.04. The molecule has 0 saturated heterocycles. The molecule has 1 saturated carbocycles. The van der Waals surface area contributed by atoms with Crippen LogP contribution in [0.3, 0.4) is 0 Å². The van der Waals surface area contributed by atoms with E-state index in [9.17, 15) is 9.50 Å². The fraction of sp³-hybridized carbons (Fsp3) is 0.538. The molecule has 0 bridgehead atoms. The van der Waals surface area contributed by atoms with Crippen LogP contribution in [0.1, 0.15) is 37.3 Å². The van der Waals surface area contributed by atoms with Crippen LogP contribution in [0.25, 0.3) is 0 Å². The van der Waals surface area contributed by atoms with Gasteiger partial charge in [0.1, 0.15) is 5.82 Å². The molecule has 0 amide bonds. The summed E-state index contributed by atoms with van der Waals surface area (Å²) < 4.78 is 13.0. The molecule has 1 aliphatic carbocycles. The van der Waals surface area contributed by atoms with Crippen LogP contribution in [0.15, 0.2) is 18.2 Å². The Hall–Kier alpha value is -0.640. The van der Waals surface area contributed by atoms with Crippen molar-refractivity contribution < 1.29 is 9.50 Å². The zero-order valence-electron chi connectivity index (χ0n) is 9.57. The number of hydrogen-bond donors (Lipinski definition) is 2. The molecule has 17 heavy (non-hydrogen) atoms. The number of aliphatic hydroxyl groups is 1. The topological polar surface area (TPSA) is 46.2 Å². The lowest BCUT2D eigenvalue weighted by Crippen LogP contribution is -2.27. The Morgan fingerprint density at radius 1 is 1.29 bits per heavy atom. The van der Waals surface area contributed by atoms with Gasteiger partial charge in [0, 0.05) is 6.04 Å². The third-order valence-corrected chi connectivity index (χ3v) is 3.87. The van der Waals surface area contributed by atoms with Gasteiger partial charge in [-0.15, -0.1) is 0 Å². The van der Waals surface area contributed by atoms with E-state index in [0.717, 1.165) is 31.2 Å². The maximum atomic E-state index is 13.0. The van der Waals surface area contributed by atoms with E-state index in [2.05, 4.69) is 0 Å². The Labute approximate surface area is 106 Å². The first kappa shape index (κ1) is 12.8. The molecule has 4 heteroatoms. The fourth-order valence-corrected chi connectivity index (χ4v) is 2.64. The smallest absolute Gasteiger partial charge is 0.141 e. The Morgan fingerprint density at radius 3 is 2.53 bits per heavy atom. The summed E-state index contributed by atoms with van der Waals surface area (Å²) in [4.78, 5) is 0. The number of benzene rings is 1. The minimum absolute atomic E-state index is 0.119. The van der Waals surface area contributed by atoms with Crippen molar-refractivity contribution in [2.45, 2.75) is 37.8 Å². The van der Waals surface area contributed by atoms with Gasteiger partial charge in [0.15, 0.2) is 0 Å². The largest absolute Gasteiger partial charge is 0.393 e. The molecule has 3 N–H and O–H groups in total. The first-order valence-electron chi connectivity index (χ1n) is 5.96. The van der Waals surface area contributed by atoms with Gasteiger partial charge in [0.25, 0.3) is 0 Å². The van der Waals surface area contributed by atoms with E-state index >= 15 is 0 Å². The Kier molecular flexibility index (Phi) is 4.02. The minimum Gasteiger partial charge on any atom is -0.393 e. The summed E-state index contributed by atoms with van der Waals surface area (Å²) in [7, 11) is 0. The number of aliphatic hydroxyl groups excluding tert-OH is 1. The van der Waals surface area contributed by atoms with Crippen molar-refractivity contribution in [1.29, 1.82) is 0 Å². The molecule has 94 valence electrons. The lowest BCUT2D eigenvalue weighted by atomic mass is 9.80. The van der Waals surface area contributed by atoms with Gasteiger partial charge in [-0.25, -0.2) is 4.39 Å². The SMILES string of the molecule is NC(c1ccc(F)c(Cl)c1)C1CCC(O)CC1. The molecule has 2 rings (SSSR count). The van der Waals surface area contributed by atoms with E-state index in [0.29, 0.717) is 5.92 Å². The summed E-state index contributed by atoms with van der Waals surface area (Å²) in [5.74, 6) is -0.0680. The molecule has 0 heterocycles. The van der Waals surface area contributed by atoms with Crippen LogP contribution in [0.4, 0.5) is 4.39 Å². The number of rotatable bonds is 2. The quantitative estimate of drug-likeness (QED) is 0.856. The van der Waals surface area contributed by atoms with Gasteiger partial charge in [-0.2, -0.15) is 0 Å². The first-order valence-corrected chi connectivity index (χ1v) is 6.34. The highest BCUT2D eigenvalue weighted by molar-refractivity contribution is 6.30. The Bertz CT molecular complexity index is 391. The lowest BCUT2D eigenvalue weighted by Gasteiger charge is -2.30. The van der Waals surface area contributed by atoms with Gasteiger partial charge in [-0.05, 0) is 49.3 Å². The lowest BCUT2D eigenvalue weighted by molar-refractivity contribution is 0.102. The highest BCUT2D eigenvalue weighted by atomic mass is 35.5. The van der Waals surface area contributed by atoms with Crippen LogP contribution >= 0.6 is 11.6 Å². The predicted octanol–water partition coefficient (Wildman–Crippen LogP) is 3.03. The average Bonchev–Trinajstić information content (AvgIpc) is 2.33. The van der Waals surface area contributed by atoms with Crippen LogP contribution in [-0.2, 0) is 0 Å². The molecule has 0 radical (unpaired) electrons. The molecule has 1 atom stereocenters. The average molecular weight is 258 g/mol. The fourth-order valence-electron chi connectivity index (χ4n) is 2.45. The molecule has 1 aromatic carbocycles. The summed E-state index contributed by atoms with van der Waals surface area (Å²) in [5, 5.41) is 9.57. The highest BCUT2D eigenvalue weighted by Gasteiger charge is 2.25. The van der Waals surface area contributed by atoms with Crippen LogP contribution in [0.5, 0.6) is 0 Å². The van der Waals surface area contributed by atoms with Gasteiger partial charge < -0.3 is 10.8 Å². The Morgan fingerprint density at radius 2 is 1.94 bits per heavy atom. The van der Waals surface area contributed by atoms with Gasteiger partial charge in [0.05, 0.1) is 11.1 Å².